The quantitative estimate of drug-likeness (QED) is 0.893. The summed E-state index contributed by atoms with van der Waals surface area (Å²) < 4.78 is 1.87. The zero-order chi connectivity index (χ0) is 18.8. The lowest BCUT2D eigenvalue weighted by Gasteiger charge is -2.36. The van der Waals surface area contributed by atoms with Gasteiger partial charge in [0.05, 0.1) is 6.54 Å². The number of imidazole rings is 1. The van der Waals surface area contributed by atoms with Gasteiger partial charge in [0, 0.05) is 45.6 Å². The van der Waals surface area contributed by atoms with Crippen LogP contribution in [-0.4, -0.2) is 56.5 Å². The van der Waals surface area contributed by atoms with E-state index in [2.05, 4.69) is 34.1 Å². The second-order valence-electron chi connectivity index (χ2n) is 7.79. The lowest BCUT2D eigenvalue weighted by molar-refractivity contribution is -0.134. The summed E-state index contributed by atoms with van der Waals surface area (Å²) in [5.41, 5.74) is 2.75. The highest BCUT2D eigenvalue weighted by atomic mass is 16.3. The van der Waals surface area contributed by atoms with Gasteiger partial charge in [-0.25, -0.2) is 4.98 Å². The third-order valence-corrected chi connectivity index (χ3v) is 6.03. The largest absolute Gasteiger partial charge is 0.385 e. The normalized spacial score (nSPS) is 19.7. The van der Waals surface area contributed by atoms with Gasteiger partial charge < -0.3 is 14.6 Å². The van der Waals surface area contributed by atoms with Crippen LogP contribution in [0.25, 0.3) is 0 Å². The Labute approximate surface area is 160 Å². The van der Waals surface area contributed by atoms with E-state index in [0.29, 0.717) is 12.4 Å². The number of likely N-dealkylation sites (tertiary alicyclic amines) is 1. The van der Waals surface area contributed by atoms with Gasteiger partial charge in [-0.15, -0.1) is 0 Å². The summed E-state index contributed by atoms with van der Waals surface area (Å²) in [5.74, 6) is 1.09. The van der Waals surface area contributed by atoms with Crippen LogP contribution < -0.4 is 0 Å². The molecule has 1 atom stereocenters. The highest BCUT2D eigenvalue weighted by molar-refractivity contribution is 5.78. The Morgan fingerprint density at radius 1 is 1.22 bits per heavy atom. The number of aryl methyl sites for hydroxylation is 1. The van der Waals surface area contributed by atoms with Crippen LogP contribution in [0.15, 0.2) is 36.7 Å². The molecule has 2 aliphatic rings. The number of hydrogen-bond donors (Lipinski definition) is 1. The number of hydrogen-bond acceptors (Lipinski definition) is 4. The first-order valence-electron chi connectivity index (χ1n) is 9.84. The second-order valence-corrected chi connectivity index (χ2v) is 7.79. The molecule has 6 nitrogen and oxygen atoms in total. The van der Waals surface area contributed by atoms with Crippen molar-refractivity contribution in [3.63, 3.8) is 0 Å². The minimum atomic E-state index is -0.555. The Balaban J connectivity index is 1.28. The van der Waals surface area contributed by atoms with Crippen LogP contribution in [0.2, 0.25) is 0 Å². The predicted molar refractivity (Wildman–Crippen MR) is 103 cm³/mol. The van der Waals surface area contributed by atoms with Gasteiger partial charge in [0.1, 0.15) is 11.9 Å². The highest BCUT2D eigenvalue weighted by Crippen LogP contribution is 2.30. The molecule has 0 unspecified atom stereocenters. The van der Waals surface area contributed by atoms with Gasteiger partial charge in [-0.05, 0) is 36.3 Å². The average Bonchev–Trinajstić information content (AvgIpc) is 3.13. The van der Waals surface area contributed by atoms with E-state index in [1.165, 1.54) is 11.1 Å². The molecule has 0 spiro atoms. The van der Waals surface area contributed by atoms with Crippen LogP contribution in [0.1, 0.15) is 35.9 Å². The van der Waals surface area contributed by atoms with Gasteiger partial charge >= 0.3 is 0 Å². The molecule has 1 fully saturated rings. The molecule has 0 saturated carbocycles. The van der Waals surface area contributed by atoms with Crippen molar-refractivity contribution in [2.45, 2.75) is 31.9 Å². The molecule has 4 rings (SSSR count). The maximum Gasteiger partial charge on any atom is 0.236 e. The number of amides is 1. The number of aliphatic hydroxyl groups excluding tert-OH is 1. The van der Waals surface area contributed by atoms with Crippen LogP contribution >= 0.6 is 0 Å². The minimum absolute atomic E-state index is 0.164. The van der Waals surface area contributed by atoms with Crippen LogP contribution in [-0.2, 0) is 24.8 Å². The van der Waals surface area contributed by atoms with Crippen molar-refractivity contribution in [3.8, 4) is 0 Å². The lowest BCUT2D eigenvalue weighted by atomic mass is 9.90. The first-order chi connectivity index (χ1) is 13.1. The average molecular weight is 368 g/mol. The number of carbonyl (C=O) groups is 1. The van der Waals surface area contributed by atoms with Crippen LogP contribution in [0.5, 0.6) is 0 Å². The van der Waals surface area contributed by atoms with Gasteiger partial charge in [-0.2, -0.15) is 0 Å². The van der Waals surface area contributed by atoms with E-state index in [4.69, 9.17) is 0 Å². The summed E-state index contributed by atoms with van der Waals surface area (Å²) in [4.78, 5) is 21.2. The molecule has 3 heterocycles. The van der Waals surface area contributed by atoms with E-state index in [9.17, 15) is 9.90 Å². The SMILES string of the molecule is Cn1ccnc1[C@H](O)C1CCN(C(=O)CN2CCc3ccccc3C2)CC1. The second kappa shape index (κ2) is 7.82. The maximum atomic E-state index is 12.7. The number of rotatable bonds is 4. The molecule has 1 aromatic heterocycles. The first kappa shape index (κ1) is 18.2. The molecule has 2 aromatic rings. The number of nitrogens with zero attached hydrogens (tertiary/aromatic N) is 4. The lowest BCUT2D eigenvalue weighted by Crippen LogP contribution is -2.45. The Morgan fingerprint density at radius 3 is 2.67 bits per heavy atom. The first-order valence-corrected chi connectivity index (χ1v) is 9.84. The number of benzene rings is 1. The Bertz CT molecular complexity index is 795. The van der Waals surface area contributed by atoms with Crippen LogP contribution in [0, 0.1) is 5.92 Å². The van der Waals surface area contributed by atoms with Crippen molar-refractivity contribution in [3.05, 3.63) is 53.6 Å². The molecule has 27 heavy (non-hydrogen) atoms. The third-order valence-electron chi connectivity index (χ3n) is 6.03. The van der Waals surface area contributed by atoms with E-state index >= 15 is 0 Å². The molecule has 1 aromatic carbocycles. The topological polar surface area (TPSA) is 61.6 Å². The van der Waals surface area contributed by atoms with Crippen LogP contribution in [0.4, 0.5) is 0 Å². The van der Waals surface area contributed by atoms with Crippen molar-refractivity contribution >= 4 is 5.91 Å². The summed E-state index contributed by atoms with van der Waals surface area (Å²) in [5, 5.41) is 10.6. The summed E-state index contributed by atoms with van der Waals surface area (Å²) >= 11 is 0. The van der Waals surface area contributed by atoms with Crippen molar-refractivity contribution in [1.29, 1.82) is 0 Å². The Hall–Kier alpha value is -2.18. The molecule has 6 heteroatoms. The van der Waals surface area contributed by atoms with Crippen molar-refractivity contribution in [2.24, 2.45) is 13.0 Å². The Kier molecular flexibility index (Phi) is 5.27. The minimum Gasteiger partial charge on any atom is -0.385 e. The number of fused-ring (bicyclic) bond motifs is 1. The van der Waals surface area contributed by atoms with Gasteiger partial charge in [0.25, 0.3) is 0 Å². The van der Waals surface area contributed by atoms with Crippen LogP contribution in [0.3, 0.4) is 0 Å². The number of piperidine rings is 1. The van der Waals surface area contributed by atoms with Crippen molar-refractivity contribution in [1.82, 2.24) is 19.4 Å². The molecule has 2 aliphatic heterocycles. The molecule has 1 N–H and O–H groups in total. The zero-order valence-corrected chi connectivity index (χ0v) is 15.9. The zero-order valence-electron chi connectivity index (χ0n) is 15.9. The molecular formula is C21H28N4O2. The number of aliphatic hydroxyl groups is 1. The summed E-state index contributed by atoms with van der Waals surface area (Å²) in [6.07, 6.45) is 5.68. The fourth-order valence-corrected chi connectivity index (χ4v) is 4.32. The standard InChI is InChI=1S/C21H28N4O2/c1-23-13-9-22-21(23)20(27)17-7-11-25(12-8-17)19(26)15-24-10-6-16-4-2-3-5-18(16)14-24/h2-5,9,13,17,20,27H,6-8,10-12,14-15H2,1H3/t20-/m1/s1. The molecule has 144 valence electrons. The van der Waals surface area contributed by atoms with E-state index in [1.807, 2.05) is 22.7 Å². The summed E-state index contributed by atoms with van der Waals surface area (Å²) in [6, 6.07) is 8.51. The summed E-state index contributed by atoms with van der Waals surface area (Å²) in [6.45, 7) is 3.72. The highest BCUT2D eigenvalue weighted by Gasteiger charge is 2.30. The van der Waals surface area contributed by atoms with Gasteiger partial charge in [0.15, 0.2) is 0 Å². The molecule has 0 bridgehead atoms. The molecule has 0 aliphatic carbocycles. The predicted octanol–water partition coefficient (Wildman–Crippen LogP) is 1.75. The molecule has 0 radical (unpaired) electrons. The number of carbonyl (C=O) groups excluding carboxylic acids is 1. The van der Waals surface area contributed by atoms with Gasteiger partial charge in [-0.3, -0.25) is 9.69 Å². The summed E-state index contributed by atoms with van der Waals surface area (Å²) in [7, 11) is 1.90. The van der Waals surface area contributed by atoms with E-state index in [1.54, 1.807) is 6.20 Å². The number of aromatic nitrogens is 2. The van der Waals surface area contributed by atoms with E-state index < -0.39 is 6.10 Å². The monoisotopic (exact) mass is 368 g/mol. The van der Waals surface area contributed by atoms with Crippen molar-refractivity contribution in [2.75, 3.05) is 26.2 Å². The third kappa shape index (κ3) is 3.92. The molecular weight excluding hydrogens is 340 g/mol. The molecule has 1 saturated heterocycles. The van der Waals surface area contributed by atoms with Gasteiger partial charge in [0.2, 0.25) is 5.91 Å². The van der Waals surface area contributed by atoms with Gasteiger partial charge in [-0.1, -0.05) is 24.3 Å². The fraction of sp³-hybridized carbons (Fsp3) is 0.524. The smallest absolute Gasteiger partial charge is 0.236 e. The van der Waals surface area contributed by atoms with E-state index in [-0.39, 0.29) is 11.8 Å². The Morgan fingerprint density at radius 2 is 1.96 bits per heavy atom. The molecule has 1 amide bonds. The van der Waals surface area contributed by atoms with Crippen molar-refractivity contribution < 1.29 is 9.90 Å². The maximum absolute atomic E-state index is 12.7. The fourth-order valence-electron chi connectivity index (χ4n) is 4.32. The van der Waals surface area contributed by atoms with E-state index in [0.717, 1.165) is 45.4 Å².